The van der Waals surface area contributed by atoms with Crippen LogP contribution >= 0.6 is 11.3 Å². The molecule has 2 saturated heterocycles. The molecule has 27 heavy (non-hydrogen) atoms. The molecule has 2 aromatic rings. The van der Waals surface area contributed by atoms with Gasteiger partial charge in [-0.15, -0.1) is 11.3 Å². The van der Waals surface area contributed by atoms with Gasteiger partial charge in [-0.1, -0.05) is 5.16 Å². The largest absolute Gasteiger partial charge is 0.369 e. The number of hydrogen-bond acceptors (Lipinski definition) is 6. The molecule has 1 N–H and O–H groups in total. The highest BCUT2D eigenvalue weighted by molar-refractivity contribution is 7.14. The van der Waals surface area contributed by atoms with E-state index in [0.29, 0.717) is 0 Å². The van der Waals surface area contributed by atoms with Crippen LogP contribution in [0.5, 0.6) is 0 Å². The fourth-order valence-corrected chi connectivity index (χ4v) is 6.10. The maximum absolute atomic E-state index is 13.4. The van der Waals surface area contributed by atoms with Gasteiger partial charge < -0.3 is 19.5 Å². The van der Waals surface area contributed by atoms with Crippen molar-refractivity contribution in [1.82, 2.24) is 15.4 Å². The molecule has 0 aromatic carbocycles. The lowest BCUT2D eigenvalue weighted by Gasteiger charge is -2.40. The first kappa shape index (κ1) is 17.4. The number of amides is 1. The summed E-state index contributed by atoms with van der Waals surface area (Å²) in [5, 5.41) is 7.59. The molecule has 0 radical (unpaired) electrons. The van der Waals surface area contributed by atoms with E-state index < -0.39 is 0 Å². The minimum atomic E-state index is -0.185. The SMILES string of the molecule is Cc1cc(C2CCCN2C(=O)c2cc3c(s2)C2(CCNCC2)OCC3)no1. The van der Waals surface area contributed by atoms with E-state index in [1.807, 2.05) is 17.9 Å². The van der Waals surface area contributed by atoms with Crippen LogP contribution in [0.4, 0.5) is 0 Å². The number of nitrogens with one attached hydrogen (secondary N) is 1. The van der Waals surface area contributed by atoms with Crippen molar-refractivity contribution in [3.05, 3.63) is 38.9 Å². The summed E-state index contributed by atoms with van der Waals surface area (Å²) >= 11 is 1.65. The molecule has 5 heterocycles. The number of likely N-dealkylation sites (tertiary alicyclic amines) is 1. The number of carbonyl (C=O) groups is 1. The standard InChI is InChI=1S/C20H25N3O3S/c1-13-11-15(22-26-13)16-3-2-9-23(16)19(24)17-12-14-4-10-25-20(18(14)27-17)5-7-21-8-6-20/h11-12,16,21H,2-10H2,1H3. The number of aryl methyl sites for hydroxylation is 1. The van der Waals surface area contributed by atoms with E-state index in [2.05, 4.69) is 16.5 Å². The lowest BCUT2D eigenvalue weighted by atomic mass is 9.86. The summed E-state index contributed by atoms with van der Waals surface area (Å²) in [5.74, 6) is 0.919. The predicted octanol–water partition coefficient (Wildman–Crippen LogP) is 3.17. The van der Waals surface area contributed by atoms with Gasteiger partial charge in [-0.3, -0.25) is 4.79 Å². The van der Waals surface area contributed by atoms with Crippen molar-refractivity contribution < 1.29 is 14.1 Å². The first-order valence-electron chi connectivity index (χ1n) is 9.88. The van der Waals surface area contributed by atoms with Crippen LogP contribution in [0.2, 0.25) is 0 Å². The normalized spacial score (nSPS) is 24.3. The predicted molar refractivity (Wildman–Crippen MR) is 102 cm³/mol. The summed E-state index contributed by atoms with van der Waals surface area (Å²) in [4.78, 5) is 17.5. The third-order valence-electron chi connectivity index (χ3n) is 6.10. The van der Waals surface area contributed by atoms with Gasteiger partial charge in [-0.25, -0.2) is 0 Å². The molecule has 0 bridgehead atoms. The molecule has 6 nitrogen and oxygen atoms in total. The number of ether oxygens (including phenoxy) is 1. The van der Waals surface area contributed by atoms with Crippen molar-refractivity contribution in [2.24, 2.45) is 0 Å². The highest BCUT2D eigenvalue weighted by atomic mass is 32.1. The van der Waals surface area contributed by atoms with Gasteiger partial charge in [0.1, 0.15) is 17.1 Å². The number of thiophene rings is 1. The van der Waals surface area contributed by atoms with Gasteiger partial charge in [-0.2, -0.15) is 0 Å². The maximum Gasteiger partial charge on any atom is 0.264 e. The van der Waals surface area contributed by atoms with Gasteiger partial charge in [-0.05, 0) is 63.7 Å². The van der Waals surface area contributed by atoms with E-state index in [4.69, 9.17) is 9.26 Å². The van der Waals surface area contributed by atoms with E-state index in [-0.39, 0.29) is 17.6 Å². The zero-order chi connectivity index (χ0) is 18.4. The van der Waals surface area contributed by atoms with Gasteiger partial charge in [0.2, 0.25) is 0 Å². The quantitative estimate of drug-likeness (QED) is 0.857. The molecule has 0 aliphatic carbocycles. The van der Waals surface area contributed by atoms with Crippen LogP contribution in [0.3, 0.4) is 0 Å². The summed E-state index contributed by atoms with van der Waals surface area (Å²) in [5.41, 5.74) is 2.00. The van der Waals surface area contributed by atoms with Crippen molar-refractivity contribution in [3.63, 3.8) is 0 Å². The second-order valence-corrected chi connectivity index (χ2v) is 8.88. The average molecular weight is 388 g/mol. The molecular weight excluding hydrogens is 362 g/mol. The smallest absolute Gasteiger partial charge is 0.264 e. The fraction of sp³-hybridized carbons (Fsp3) is 0.600. The Morgan fingerprint density at radius 1 is 1.37 bits per heavy atom. The van der Waals surface area contributed by atoms with E-state index >= 15 is 0 Å². The fourth-order valence-electron chi connectivity index (χ4n) is 4.73. The molecule has 2 fully saturated rings. The third kappa shape index (κ3) is 2.92. The Labute approximate surface area is 162 Å². The maximum atomic E-state index is 13.4. The number of aromatic nitrogens is 1. The van der Waals surface area contributed by atoms with Crippen molar-refractivity contribution in [2.45, 2.75) is 50.7 Å². The summed E-state index contributed by atoms with van der Waals surface area (Å²) in [6.07, 6.45) is 4.82. The lowest BCUT2D eigenvalue weighted by Crippen LogP contribution is -2.43. The Morgan fingerprint density at radius 2 is 2.22 bits per heavy atom. The van der Waals surface area contributed by atoms with Crippen LogP contribution in [-0.2, 0) is 16.8 Å². The average Bonchev–Trinajstić information content (AvgIpc) is 3.41. The van der Waals surface area contributed by atoms with Gasteiger partial charge in [0.25, 0.3) is 5.91 Å². The Hall–Kier alpha value is -1.70. The zero-order valence-electron chi connectivity index (χ0n) is 15.6. The molecule has 0 saturated carbocycles. The second kappa shape index (κ2) is 6.72. The number of rotatable bonds is 2. The third-order valence-corrected chi connectivity index (χ3v) is 7.45. The number of carbonyl (C=O) groups excluding carboxylic acids is 1. The molecule has 3 aliphatic rings. The minimum absolute atomic E-state index is 0.0261. The zero-order valence-corrected chi connectivity index (χ0v) is 16.4. The molecule has 3 aliphatic heterocycles. The Bertz CT molecular complexity index is 853. The molecule has 144 valence electrons. The van der Waals surface area contributed by atoms with Crippen molar-refractivity contribution in [3.8, 4) is 0 Å². The topological polar surface area (TPSA) is 67.6 Å². The minimum Gasteiger partial charge on any atom is -0.369 e. The Morgan fingerprint density at radius 3 is 3.00 bits per heavy atom. The highest BCUT2D eigenvalue weighted by Crippen LogP contribution is 2.45. The van der Waals surface area contributed by atoms with Crippen LogP contribution in [0.1, 0.15) is 63.3 Å². The lowest BCUT2D eigenvalue weighted by molar-refractivity contribution is -0.0771. The molecular formula is C20H25N3O3S. The van der Waals surface area contributed by atoms with Crippen molar-refractivity contribution >= 4 is 17.2 Å². The molecule has 1 atom stereocenters. The van der Waals surface area contributed by atoms with Gasteiger partial charge in [0, 0.05) is 17.5 Å². The van der Waals surface area contributed by atoms with E-state index in [1.54, 1.807) is 11.3 Å². The van der Waals surface area contributed by atoms with E-state index in [0.717, 1.165) is 74.7 Å². The van der Waals surface area contributed by atoms with Crippen molar-refractivity contribution in [2.75, 3.05) is 26.2 Å². The molecule has 1 spiro atoms. The Kier molecular flexibility index (Phi) is 4.33. The van der Waals surface area contributed by atoms with E-state index in [1.165, 1.54) is 10.4 Å². The molecule has 7 heteroatoms. The van der Waals surface area contributed by atoms with E-state index in [9.17, 15) is 4.79 Å². The number of fused-ring (bicyclic) bond motifs is 2. The van der Waals surface area contributed by atoms with Crippen LogP contribution < -0.4 is 5.32 Å². The van der Waals surface area contributed by atoms with Crippen LogP contribution in [0.15, 0.2) is 16.7 Å². The van der Waals surface area contributed by atoms with Crippen LogP contribution in [0.25, 0.3) is 0 Å². The van der Waals surface area contributed by atoms with Gasteiger partial charge in [0.05, 0.1) is 17.5 Å². The highest BCUT2D eigenvalue weighted by Gasteiger charge is 2.42. The summed E-state index contributed by atoms with van der Waals surface area (Å²) in [6, 6.07) is 4.10. The van der Waals surface area contributed by atoms with Crippen LogP contribution in [0, 0.1) is 6.92 Å². The first-order chi connectivity index (χ1) is 13.2. The summed E-state index contributed by atoms with van der Waals surface area (Å²) in [6.45, 7) is 5.37. The Balaban J connectivity index is 1.44. The molecule has 1 unspecified atom stereocenters. The first-order valence-corrected chi connectivity index (χ1v) is 10.7. The molecule has 1 amide bonds. The van der Waals surface area contributed by atoms with Crippen molar-refractivity contribution in [1.29, 1.82) is 0 Å². The molecule has 2 aromatic heterocycles. The van der Waals surface area contributed by atoms with Crippen LogP contribution in [-0.4, -0.2) is 42.2 Å². The van der Waals surface area contributed by atoms with Gasteiger partial charge >= 0.3 is 0 Å². The molecule has 5 rings (SSSR count). The monoisotopic (exact) mass is 387 g/mol. The second-order valence-electron chi connectivity index (χ2n) is 7.83. The number of nitrogens with zero attached hydrogens (tertiary/aromatic N) is 2. The number of piperidine rings is 1. The summed E-state index contributed by atoms with van der Waals surface area (Å²) < 4.78 is 11.5. The summed E-state index contributed by atoms with van der Waals surface area (Å²) in [7, 11) is 0. The number of hydrogen-bond donors (Lipinski definition) is 1. The van der Waals surface area contributed by atoms with Gasteiger partial charge in [0.15, 0.2) is 0 Å².